The van der Waals surface area contributed by atoms with Crippen LogP contribution in [0.3, 0.4) is 0 Å². The molecule has 0 radical (unpaired) electrons. The first kappa shape index (κ1) is 11.0. The van der Waals surface area contributed by atoms with Crippen molar-refractivity contribution in [3.63, 3.8) is 0 Å². The minimum Gasteiger partial charge on any atom is -0.0802 e. The monoisotopic (exact) mass is 204 g/mol. The van der Waals surface area contributed by atoms with Gasteiger partial charge in [-0.1, -0.05) is 39.3 Å². The van der Waals surface area contributed by atoms with Crippen molar-refractivity contribution in [1.82, 2.24) is 0 Å². The lowest BCUT2D eigenvalue weighted by molar-refractivity contribution is 0.454. The summed E-state index contributed by atoms with van der Waals surface area (Å²) in [5.74, 6) is 2.43. The normalized spacial score (nSPS) is 31.7. The Morgan fingerprint density at radius 1 is 1.27 bits per heavy atom. The largest absolute Gasteiger partial charge is 0.0802 e. The maximum Gasteiger partial charge on any atom is -0.0191 e. The van der Waals surface area contributed by atoms with Crippen LogP contribution in [0.15, 0.2) is 22.8 Å². The maximum atomic E-state index is 2.51. The van der Waals surface area contributed by atoms with Crippen molar-refractivity contribution in [1.29, 1.82) is 0 Å². The van der Waals surface area contributed by atoms with Gasteiger partial charge in [-0.2, -0.15) is 0 Å². The smallest absolute Gasteiger partial charge is 0.0191 e. The Labute approximate surface area is 94.5 Å². The predicted molar refractivity (Wildman–Crippen MR) is 66.7 cm³/mol. The fraction of sp³-hybridized carbons (Fsp3) is 0.733. The molecule has 0 spiro atoms. The Morgan fingerprint density at radius 2 is 2.00 bits per heavy atom. The summed E-state index contributed by atoms with van der Waals surface area (Å²) in [6.07, 6.45) is 7.90. The van der Waals surface area contributed by atoms with Crippen LogP contribution in [0.4, 0.5) is 0 Å². The van der Waals surface area contributed by atoms with E-state index >= 15 is 0 Å². The molecule has 0 bridgehead atoms. The summed E-state index contributed by atoms with van der Waals surface area (Å²) in [6.45, 7) is 9.48. The Balaban J connectivity index is 2.33. The van der Waals surface area contributed by atoms with Crippen LogP contribution in [-0.2, 0) is 0 Å². The Kier molecular flexibility index (Phi) is 3.04. The van der Waals surface area contributed by atoms with Crippen LogP contribution in [0.25, 0.3) is 0 Å². The summed E-state index contributed by atoms with van der Waals surface area (Å²) >= 11 is 0. The van der Waals surface area contributed by atoms with Crippen molar-refractivity contribution in [2.75, 3.05) is 0 Å². The van der Waals surface area contributed by atoms with Crippen LogP contribution in [-0.4, -0.2) is 0 Å². The highest BCUT2D eigenvalue weighted by Gasteiger charge is 2.27. The van der Waals surface area contributed by atoms with Crippen molar-refractivity contribution in [2.24, 2.45) is 17.8 Å². The molecule has 0 amide bonds. The molecule has 0 aromatic carbocycles. The first-order chi connectivity index (χ1) is 7.09. The Bertz CT molecular complexity index is 304. The van der Waals surface area contributed by atoms with E-state index in [2.05, 4.69) is 33.8 Å². The molecule has 2 aliphatic carbocycles. The number of hydrogen-bond donors (Lipinski definition) is 0. The Hall–Kier alpha value is -0.520. The van der Waals surface area contributed by atoms with Crippen LogP contribution in [0.5, 0.6) is 0 Å². The molecule has 2 atom stereocenters. The van der Waals surface area contributed by atoms with E-state index in [4.69, 9.17) is 0 Å². The summed E-state index contributed by atoms with van der Waals surface area (Å²) in [7, 11) is 0. The SMILES string of the molecule is CC1CCC2=C(C1)C(C(C)C)=CCC2C. The average molecular weight is 204 g/mol. The fourth-order valence-electron chi connectivity index (χ4n) is 3.13. The van der Waals surface area contributed by atoms with E-state index in [9.17, 15) is 0 Å². The molecule has 0 saturated heterocycles. The van der Waals surface area contributed by atoms with Crippen molar-refractivity contribution in [3.8, 4) is 0 Å². The second-order valence-corrected chi connectivity index (χ2v) is 5.80. The Morgan fingerprint density at radius 3 is 2.67 bits per heavy atom. The number of allylic oxidation sites excluding steroid dienone is 4. The first-order valence-electron chi connectivity index (χ1n) is 6.52. The molecule has 15 heavy (non-hydrogen) atoms. The van der Waals surface area contributed by atoms with Gasteiger partial charge < -0.3 is 0 Å². The second-order valence-electron chi connectivity index (χ2n) is 5.80. The summed E-state index contributed by atoms with van der Waals surface area (Å²) in [6, 6.07) is 0. The molecule has 0 aromatic heterocycles. The van der Waals surface area contributed by atoms with E-state index in [-0.39, 0.29) is 0 Å². The molecular weight excluding hydrogens is 180 g/mol. The van der Waals surface area contributed by atoms with Crippen molar-refractivity contribution < 1.29 is 0 Å². The molecule has 0 aliphatic heterocycles. The third-order valence-corrected chi connectivity index (χ3v) is 4.10. The minimum atomic E-state index is 0.716. The molecule has 2 unspecified atom stereocenters. The molecule has 0 heterocycles. The quantitative estimate of drug-likeness (QED) is 0.579. The van der Waals surface area contributed by atoms with Crippen LogP contribution in [0, 0.1) is 17.8 Å². The van der Waals surface area contributed by atoms with Gasteiger partial charge in [-0.05, 0) is 54.6 Å². The third-order valence-electron chi connectivity index (χ3n) is 4.10. The summed E-state index contributed by atoms with van der Waals surface area (Å²) < 4.78 is 0. The molecule has 2 rings (SSSR count). The fourth-order valence-corrected chi connectivity index (χ4v) is 3.13. The van der Waals surface area contributed by atoms with E-state index in [1.54, 1.807) is 16.7 Å². The van der Waals surface area contributed by atoms with Crippen molar-refractivity contribution in [2.45, 2.75) is 53.4 Å². The van der Waals surface area contributed by atoms with Gasteiger partial charge in [-0.3, -0.25) is 0 Å². The zero-order valence-corrected chi connectivity index (χ0v) is 10.6. The van der Waals surface area contributed by atoms with Gasteiger partial charge in [-0.25, -0.2) is 0 Å². The number of hydrogen-bond acceptors (Lipinski definition) is 0. The third kappa shape index (κ3) is 2.04. The van der Waals surface area contributed by atoms with Crippen LogP contribution >= 0.6 is 0 Å². The lowest BCUT2D eigenvalue weighted by Gasteiger charge is -2.34. The second kappa shape index (κ2) is 4.15. The van der Waals surface area contributed by atoms with Crippen molar-refractivity contribution in [3.05, 3.63) is 22.8 Å². The lowest BCUT2D eigenvalue weighted by atomic mass is 9.71. The van der Waals surface area contributed by atoms with Gasteiger partial charge in [0.15, 0.2) is 0 Å². The summed E-state index contributed by atoms with van der Waals surface area (Å²) in [5, 5.41) is 0. The van der Waals surface area contributed by atoms with E-state index in [0.717, 1.165) is 11.8 Å². The first-order valence-corrected chi connectivity index (χ1v) is 6.52. The van der Waals surface area contributed by atoms with Crippen LogP contribution < -0.4 is 0 Å². The highest BCUT2D eigenvalue weighted by Crippen LogP contribution is 2.43. The highest BCUT2D eigenvalue weighted by atomic mass is 14.3. The lowest BCUT2D eigenvalue weighted by Crippen LogP contribution is -2.19. The highest BCUT2D eigenvalue weighted by molar-refractivity contribution is 5.42. The molecule has 0 heteroatoms. The maximum absolute atomic E-state index is 2.51. The molecule has 0 fully saturated rings. The standard InChI is InChI=1S/C15H24/c1-10(2)13-8-6-12(4)14-7-5-11(3)9-15(13)14/h8,10-12H,5-7,9H2,1-4H3. The van der Waals surface area contributed by atoms with Gasteiger partial charge in [0.25, 0.3) is 0 Å². The molecule has 2 aliphatic rings. The van der Waals surface area contributed by atoms with Crippen LogP contribution in [0.1, 0.15) is 53.4 Å². The molecular formula is C15H24. The predicted octanol–water partition coefficient (Wildman–Crippen LogP) is 4.73. The van der Waals surface area contributed by atoms with Gasteiger partial charge in [0.2, 0.25) is 0 Å². The van der Waals surface area contributed by atoms with Gasteiger partial charge in [0.05, 0.1) is 0 Å². The van der Waals surface area contributed by atoms with Crippen molar-refractivity contribution >= 4 is 0 Å². The van der Waals surface area contributed by atoms with E-state index in [0.29, 0.717) is 5.92 Å². The molecule has 0 nitrogen and oxygen atoms in total. The average Bonchev–Trinajstić information content (AvgIpc) is 2.17. The van der Waals surface area contributed by atoms with Gasteiger partial charge in [0, 0.05) is 0 Å². The van der Waals surface area contributed by atoms with E-state index in [1.807, 2.05) is 0 Å². The molecule has 0 saturated carbocycles. The summed E-state index contributed by atoms with van der Waals surface area (Å²) in [4.78, 5) is 0. The number of rotatable bonds is 1. The molecule has 0 N–H and O–H groups in total. The molecule has 0 aromatic rings. The van der Waals surface area contributed by atoms with Crippen LogP contribution in [0.2, 0.25) is 0 Å². The van der Waals surface area contributed by atoms with E-state index in [1.165, 1.54) is 25.7 Å². The van der Waals surface area contributed by atoms with E-state index < -0.39 is 0 Å². The summed E-state index contributed by atoms with van der Waals surface area (Å²) in [5.41, 5.74) is 5.19. The topological polar surface area (TPSA) is 0 Å². The van der Waals surface area contributed by atoms with Gasteiger partial charge in [0.1, 0.15) is 0 Å². The molecule has 84 valence electrons. The minimum absolute atomic E-state index is 0.716. The zero-order valence-electron chi connectivity index (χ0n) is 10.6. The van der Waals surface area contributed by atoms with Gasteiger partial charge >= 0.3 is 0 Å². The zero-order chi connectivity index (χ0) is 11.0. The van der Waals surface area contributed by atoms with Gasteiger partial charge in [-0.15, -0.1) is 0 Å².